The number of para-hydroxylation sites is 1. The number of hydrogen-bond donors (Lipinski definition) is 0. The van der Waals surface area contributed by atoms with Gasteiger partial charge in [-0.05, 0) is 46.1 Å². The number of nitrogens with zero attached hydrogens (tertiary/aromatic N) is 2. The third kappa shape index (κ3) is 3.75. The van der Waals surface area contributed by atoms with Crippen molar-refractivity contribution in [3.05, 3.63) is 64.1 Å². The van der Waals surface area contributed by atoms with Gasteiger partial charge >= 0.3 is 0 Å². The molecule has 0 saturated carbocycles. The van der Waals surface area contributed by atoms with E-state index in [2.05, 4.69) is 52.0 Å². The minimum absolute atomic E-state index is 0.228. The highest BCUT2D eigenvalue weighted by molar-refractivity contribution is 9.10. The summed E-state index contributed by atoms with van der Waals surface area (Å²) in [5.74, 6) is 0.228. The van der Waals surface area contributed by atoms with Crippen LogP contribution in [0.3, 0.4) is 0 Å². The number of carbonyl (C=O) groups excluding carboxylic acids is 1. The molecule has 1 aliphatic heterocycles. The molecule has 120 valence electrons. The number of rotatable bonds is 3. The largest absolute Gasteiger partial charge is 0.367 e. The maximum absolute atomic E-state index is 12.5. The van der Waals surface area contributed by atoms with Crippen LogP contribution in [-0.4, -0.2) is 37.0 Å². The van der Waals surface area contributed by atoms with Crippen molar-refractivity contribution in [3.8, 4) is 0 Å². The normalized spacial score (nSPS) is 14.9. The Bertz CT molecular complexity index is 693. The highest BCUT2D eigenvalue weighted by Crippen LogP contribution is 2.26. The van der Waals surface area contributed by atoms with Crippen LogP contribution in [0.1, 0.15) is 11.1 Å². The molecule has 0 aromatic heterocycles. The zero-order valence-electron chi connectivity index (χ0n) is 13.3. The lowest BCUT2D eigenvalue weighted by Gasteiger charge is -2.36. The number of hydrogen-bond acceptors (Lipinski definition) is 2. The fourth-order valence-corrected chi connectivity index (χ4v) is 3.52. The number of benzene rings is 2. The maximum Gasteiger partial charge on any atom is 0.227 e. The van der Waals surface area contributed by atoms with Gasteiger partial charge in [0, 0.05) is 30.7 Å². The lowest BCUT2D eigenvalue weighted by molar-refractivity contribution is -0.130. The SMILES string of the molecule is Cc1ccccc1CC(=O)N1CCN(c2ccccc2Br)CC1. The molecule has 0 bridgehead atoms. The molecule has 0 atom stereocenters. The van der Waals surface area contributed by atoms with Gasteiger partial charge in [0.2, 0.25) is 5.91 Å². The molecule has 0 aliphatic carbocycles. The van der Waals surface area contributed by atoms with E-state index in [-0.39, 0.29) is 5.91 Å². The first kappa shape index (κ1) is 16.1. The summed E-state index contributed by atoms with van der Waals surface area (Å²) in [7, 11) is 0. The molecule has 4 heteroatoms. The smallest absolute Gasteiger partial charge is 0.227 e. The Morgan fingerprint density at radius 2 is 1.65 bits per heavy atom. The predicted octanol–water partition coefficient (Wildman–Crippen LogP) is 3.65. The standard InChI is InChI=1S/C19H21BrN2O/c1-15-6-2-3-7-16(15)14-19(23)22-12-10-21(11-13-22)18-9-5-4-8-17(18)20/h2-9H,10-14H2,1H3. The molecule has 1 amide bonds. The fraction of sp³-hybridized carbons (Fsp3) is 0.316. The average molecular weight is 373 g/mol. The molecule has 1 saturated heterocycles. The van der Waals surface area contributed by atoms with E-state index < -0.39 is 0 Å². The lowest BCUT2D eigenvalue weighted by atomic mass is 10.1. The molecule has 23 heavy (non-hydrogen) atoms. The second-order valence-electron chi connectivity index (χ2n) is 5.92. The first-order valence-electron chi connectivity index (χ1n) is 7.97. The van der Waals surface area contributed by atoms with Crippen molar-refractivity contribution in [2.24, 2.45) is 0 Å². The monoisotopic (exact) mass is 372 g/mol. The number of halogens is 1. The van der Waals surface area contributed by atoms with Crippen molar-refractivity contribution < 1.29 is 4.79 Å². The van der Waals surface area contributed by atoms with Gasteiger partial charge in [-0.25, -0.2) is 0 Å². The van der Waals surface area contributed by atoms with Crippen molar-refractivity contribution in [1.82, 2.24) is 4.90 Å². The first-order chi connectivity index (χ1) is 11.1. The van der Waals surface area contributed by atoms with E-state index in [1.54, 1.807) is 0 Å². The Morgan fingerprint density at radius 3 is 2.35 bits per heavy atom. The molecule has 2 aromatic rings. The van der Waals surface area contributed by atoms with Crippen molar-refractivity contribution in [2.75, 3.05) is 31.1 Å². The lowest BCUT2D eigenvalue weighted by Crippen LogP contribution is -2.49. The van der Waals surface area contributed by atoms with Crippen LogP contribution in [-0.2, 0) is 11.2 Å². The number of carbonyl (C=O) groups is 1. The molecule has 1 fully saturated rings. The number of anilines is 1. The Hall–Kier alpha value is -1.81. The van der Waals surface area contributed by atoms with Crippen LogP contribution in [0.4, 0.5) is 5.69 Å². The molecular formula is C19H21BrN2O. The van der Waals surface area contributed by atoms with E-state index in [1.807, 2.05) is 29.2 Å². The van der Waals surface area contributed by atoms with E-state index in [0.717, 1.165) is 36.2 Å². The van der Waals surface area contributed by atoms with Crippen LogP contribution in [0.2, 0.25) is 0 Å². The number of amides is 1. The molecule has 3 rings (SSSR count). The zero-order chi connectivity index (χ0) is 16.2. The van der Waals surface area contributed by atoms with Crippen LogP contribution in [0.15, 0.2) is 53.0 Å². The quantitative estimate of drug-likeness (QED) is 0.820. The molecule has 0 unspecified atom stereocenters. The summed E-state index contributed by atoms with van der Waals surface area (Å²) in [6.07, 6.45) is 0.502. The van der Waals surface area contributed by atoms with Gasteiger partial charge in [0.05, 0.1) is 12.1 Å². The Kier molecular flexibility index (Phi) is 5.01. The van der Waals surface area contributed by atoms with Crippen molar-refractivity contribution in [3.63, 3.8) is 0 Å². The summed E-state index contributed by atoms with van der Waals surface area (Å²) in [5.41, 5.74) is 3.52. The van der Waals surface area contributed by atoms with Gasteiger partial charge in [0.15, 0.2) is 0 Å². The second-order valence-corrected chi connectivity index (χ2v) is 6.78. The first-order valence-corrected chi connectivity index (χ1v) is 8.76. The highest BCUT2D eigenvalue weighted by atomic mass is 79.9. The molecule has 1 heterocycles. The fourth-order valence-electron chi connectivity index (χ4n) is 2.99. The Balaban J connectivity index is 1.60. The van der Waals surface area contributed by atoms with Crippen LogP contribution >= 0.6 is 15.9 Å². The molecule has 3 nitrogen and oxygen atoms in total. The summed E-state index contributed by atoms with van der Waals surface area (Å²) in [5, 5.41) is 0. The maximum atomic E-state index is 12.5. The van der Waals surface area contributed by atoms with E-state index >= 15 is 0 Å². The summed E-state index contributed by atoms with van der Waals surface area (Å²) in [4.78, 5) is 16.8. The number of aryl methyl sites for hydroxylation is 1. The van der Waals surface area contributed by atoms with E-state index in [4.69, 9.17) is 0 Å². The molecular weight excluding hydrogens is 352 g/mol. The molecule has 2 aromatic carbocycles. The van der Waals surface area contributed by atoms with Crippen LogP contribution in [0.5, 0.6) is 0 Å². The van der Waals surface area contributed by atoms with Gasteiger partial charge in [-0.2, -0.15) is 0 Å². The van der Waals surface area contributed by atoms with Gasteiger partial charge in [0.25, 0.3) is 0 Å². The predicted molar refractivity (Wildman–Crippen MR) is 97.8 cm³/mol. The Labute approximate surface area is 146 Å². The molecule has 1 aliphatic rings. The number of piperazine rings is 1. The molecule has 0 spiro atoms. The van der Waals surface area contributed by atoms with Crippen molar-refractivity contribution in [2.45, 2.75) is 13.3 Å². The molecule has 0 radical (unpaired) electrons. The summed E-state index contributed by atoms with van der Waals surface area (Å²) >= 11 is 3.61. The van der Waals surface area contributed by atoms with Crippen molar-refractivity contribution in [1.29, 1.82) is 0 Å². The third-order valence-electron chi connectivity index (χ3n) is 4.43. The van der Waals surface area contributed by atoms with Gasteiger partial charge in [-0.3, -0.25) is 4.79 Å². The topological polar surface area (TPSA) is 23.6 Å². The van der Waals surface area contributed by atoms with Gasteiger partial charge in [-0.15, -0.1) is 0 Å². The highest BCUT2D eigenvalue weighted by Gasteiger charge is 2.22. The third-order valence-corrected chi connectivity index (χ3v) is 5.10. The summed E-state index contributed by atoms with van der Waals surface area (Å²) in [6.45, 7) is 5.38. The van der Waals surface area contributed by atoms with E-state index in [1.165, 1.54) is 11.3 Å². The van der Waals surface area contributed by atoms with Gasteiger partial charge < -0.3 is 9.80 Å². The van der Waals surface area contributed by atoms with E-state index in [9.17, 15) is 4.79 Å². The van der Waals surface area contributed by atoms with Crippen LogP contribution in [0, 0.1) is 6.92 Å². The summed E-state index contributed by atoms with van der Waals surface area (Å²) in [6, 6.07) is 16.4. The van der Waals surface area contributed by atoms with Gasteiger partial charge in [0.1, 0.15) is 0 Å². The minimum atomic E-state index is 0.228. The van der Waals surface area contributed by atoms with Crippen molar-refractivity contribution >= 4 is 27.5 Å². The minimum Gasteiger partial charge on any atom is -0.367 e. The van der Waals surface area contributed by atoms with E-state index in [0.29, 0.717) is 6.42 Å². The zero-order valence-corrected chi connectivity index (χ0v) is 14.9. The van der Waals surface area contributed by atoms with Crippen LogP contribution in [0.25, 0.3) is 0 Å². The van der Waals surface area contributed by atoms with Crippen LogP contribution < -0.4 is 4.90 Å². The van der Waals surface area contributed by atoms with Gasteiger partial charge in [-0.1, -0.05) is 36.4 Å². The Morgan fingerprint density at radius 1 is 1.00 bits per heavy atom. The molecule has 0 N–H and O–H groups in total. The average Bonchev–Trinajstić information content (AvgIpc) is 2.57. The summed E-state index contributed by atoms with van der Waals surface area (Å²) < 4.78 is 1.11. The second kappa shape index (κ2) is 7.18.